The van der Waals surface area contributed by atoms with Crippen LogP contribution in [-0.4, -0.2) is 24.0 Å². The summed E-state index contributed by atoms with van der Waals surface area (Å²) in [5, 5.41) is 1.89. The second kappa shape index (κ2) is 6.56. The van der Waals surface area contributed by atoms with Gasteiger partial charge in [0, 0.05) is 15.8 Å². The monoisotopic (exact) mass is 345 g/mol. The number of carbonyl (C=O) groups is 1. The van der Waals surface area contributed by atoms with Crippen molar-refractivity contribution in [3.8, 4) is 0 Å². The van der Waals surface area contributed by atoms with E-state index in [1.165, 1.54) is 16.2 Å². The molecule has 0 amide bonds. The van der Waals surface area contributed by atoms with Crippen LogP contribution in [-0.2, 0) is 11.2 Å². The third-order valence-electron chi connectivity index (χ3n) is 2.42. The van der Waals surface area contributed by atoms with Gasteiger partial charge in [0.1, 0.15) is 6.61 Å². The Morgan fingerprint density at radius 1 is 1.50 bits per heavy atom. The summed E-state index contributed by atoms with van der Waals surface area (Å²) in [7, 11) is 0. The normalized spacial score (nSPS) is 10.8. The fourth-order valence-electron chi connectivity index (χ4n) is 1.45. The molecule has 18 heavy (non-hydrogen) atoms. The highest BCUT2D eigenvalue weighted by Gasteiger charge is 2.11. The Labute approximate surface area is 122 Å². The molecule has 0 radical (unpaired) electrons. The lowest BCUT2D eigenvalue weighted by molar-refractivity contribution is 0.0769. The van der Waals surface area contributed by atoms with Gasteiger partial charge in [0.2, 0.25) is 0 Å². The summed E-state index contributed by atoms with van der Waals surface area (Å²) in [6.45, 7) is 2.68. The van der Waals surface area contributed by atoms with Gasteiger partial charge in [-0.05, 0) is 34.3 Å². The van der Waals surface area contributed by atoms with Crippen molar-refractivity contribution in [2.75, 3.05) is 13.2 Å². The first-order valence-corrected chi connectivity index (χ1v) is 7.96. The molecular weight excluding hydrogens is 334 g/mol. The van der Waals surface area contributed by atoms with Crippen LogP contribution in [0.3, 0.4) is 0 Å². The molecule has 0 saturated heterocycles. The first-order chi connectivity index (χ1) is 8.68. The summed E-state index contributed by atoms with van der Waals surface area (Å²) in [5.41, 5.74) is 2.88. The lowest BCUT2D eigenvalue weighted by Gasteiger charge is -2.02. The van der Waals surface area contributed by atoms with E-state index in [0.717, 1.165) is 21.5 Å². The molecule has 6 heteroatoms. The summed E-state index contributed by atoms with van der Waals surface area (Å²) in [4.78, 5) is 17.9. The SMILES string of the molecule is Cc1ncsc1CCOCC(=O)c1sccc1Br. The van der Waals surface area contributed by atoms with Gasteiger partial charge in [-0.3, -0.25) is 4.79 Å². The predicted molar refractivity (Wildman–Crippen MR) is 77.7 cm³/mol. The summed E-state index contributed by atoms with van der Waals surface area (Å²) in [5.74, 6) is 0.0258. The van der Waals surface area contributed by atoms with Crippen molar-refractivity contribution in [2.45, 2.75) is 13.3 Å². The first-order valence-electron chi connectivity index (χ1n) is 5.41. The molecule has 0 fully saturated rings. The van der Waals surface area contributed by atoms with Crippen LogP contribution in [0.5, 0.6) is 0 Å². The molecule has 2 heterocycles. The molecule has 96 valence electrons. The summed E-state index contributed by atoms with van der Waals surface area (Å²) in [6.07, 6.45) is 0.815. The maximum atomic E-state index is 11.8. The van der Waals surface area contributed by atoms with Crippen LogP contribution < -0.4 is 0 Å². The van der Waals surface area contributed by atoms with Crippen molar-refractivity contribution in [3.05, 3.63) is 36.9 Å². The lowest BCUT2D eigenvalue weighted by atomic mass is 10.3. The Bertz CT molecular complexity index is 536. The van der Waals surface area contributed by atoms with Crippen molar-refractivity contribution in [1.82, 2.24) is 4.98 Å². The molecule has 0 aliphatic rings. The molecule has 2 rings (SSSR count). The molecular formula is C12H12BrNO2S2. The number of carbonyl (C=O) groups excluding carboxylic acids is 1. The van der Waals surface area contributed by atoms with E-state index < -0.39 is 0 Å². The van der Waals surface area contributed by atoms with Gasteiger partial charge in [0.05, 0.1) is 22.7 Å². The van der Waals surface area contributed by atoms with Crippen LogP contribution in [0.25, 0.3) is 0 Å². The minimum Gasteiger partial charge on any atom is -0.373 e. The average molecular weight is 346 g/mol. The van der Waals surface area contributed by atoms with Gasteiger partial charge >= 0.3 is 0 Å². The Morgan fingerprint density at radius 2 is 2.33 bits per heavy atom. The highest BCUT2D eigenvalue weighted by atomic mass is 79.9. The maximum Gasteiger partial charge on any atom is 0.199 e. The molecule has 3 nitrogen and oxygen atoms in total. The number of thiophene rings is 1. The molecule has 2 aromatic rings. The van der Waals surface area contributed by atoms with Crippen molar-refractivity contribution in [3.63, 3.8) is 0 Å². The summed E-state index contributed by atoms with van der Waals surface area (Å²) < 4.78 is 6.26. The quantitative estimate of drug-likeness (QED) is 0.591. The number of ketones is 1. The zero-order valence-electron chi connectivity index (χ0n) is 9.81. The number of aromatic nitrogens is 1. The Balaban J connectivity index is 1.75. The molecule has 0 unspecified atom stereocenters. The van der Waals surface area contributed by atoms with Crippen LogP contribution >= 0.6 is 38.6 Å². The van der Waals surface area contributed by atoms with Crippen molar-refractivity contribution in [2.24, 2.45) is 0 Å². The van der Waals surface area contributed by atoms with E-state index in [1.54, 1.807) is 11.3 Å². The lowest BCUT2D eigenvalue weighted by Crippen LogP contribution is -2.10. The molecule has 0 bridgehead atoms. The fraction of sp³-hybridized carbons (Fsp3) is 0.333. The number of rotatable bonds is 6. The minimum absolute atomic E-state index is 0.0258. The van der Waals surface area contributed by atoms with Crippen molar-refractivity contribution in [1.29, 1.82) is 0 Å². The molecule has 0 saturated carbocycles. The second-order valence-corrected chi connectivity index (χ2v) is 6.39. The number of aryl methyl sites for hydroxylation is 1. The van der Waals surface area contributed by atoms with E-state index in [4.69, 9.17) is 4.74 Å². The van der Waals surface area contributed by atoms with Gasteiger partial charge in [-0.15, -0.1) is 22.7 Å². The van der Waals surface area contributed by atoms with Crippen LogP contribution in [0.15, 0.2) is 21.4 Å². The number of Topliss-reactive ketones (excluding diaryl/α,β-unsaturated/α-hetero) is 1. The third kappa shape index (κ3) is 3.47. The van der Waals surface area contributed by atoms with Gasteiger partial charge < -0.3 is 4.74 Å². The number of halogens is 1. The number of hydrogen-bond acceptors (Lipinski definition) is 5. The number of thiazole rings is 1. The summed E-state index contributed by atoms with van der Waals surface area (Å²) in [6, 6.07) is 1.87. The molecule has 0 atom stereocenters. The van der Waals surface area contributed by atoms with E-state index >= 15 is 0 Å². The van der Waals surface area contributed by atoms with Crippen LogP contribution in [0, 0.1) is 6.92 Å². The van der Waals surface area contributed by atoms with Crippen LogP contribution in [0.2, 0.25) is 0 Å². The van der Waals surface area contributed by atoms with Crippen LogP contribution in [0.4, 0.5) is 0 Å². The average Bonchev–Trinajstić information content (AvgIpc) is 2.94. The first kappa shape index (κ1) is 13.9. The molecule has 0 N–H and O–H groups in total. The third-order valence-corrected chi connectivity index (χ3v) is 5.30. The topological polar surface area (TPSA) is 39.2 Å². The van der Waals surface area contributed by atoms with E-state index in [2.05, 4.69) is 20.9 Å². The standard InChI is InChI=1S/C12H12BrNO2S2/c1-8-11(18-7-14-8)2-4-16-6-10(15)12-9(13)3-5-17-12/h3,5,7H,2,4,6H2,1H3. The van der Waals surface area contributed by atoms with Gasteiger partial charge in [-0.25, -0.2) is 4.98 Å². The zero-order chi connectivity index (χ0) is 13.0. The minimum atomic E-state index is 0.0258. The molecule has 0 aromatic carbocycles. The Morgan fingerprint density at radius 3 is 2.94 bits per heavy atom. The van der Waals surface area contributed by atoms with Crippen molar-refractivity contribution >= 4 is 44.4 Å². The van der Waals surface area contributed by atoms with Gasteiger partial charge in [-0.2, -0.15) is 0 Å². The smallest absolute Gasteiger partial charge is 0.199 e. The molecule has 2 aromatic heterocycles. The Kier molecular flexibility index (Phi) is 5.05. The fourth-order valence-corrected chi connectivity index (χ4v) is 3.74. The second-order valence-electron chi connectivity index (χ2n) is 3.68. The van der Waals surface area contributed by atoms with E-state index in [9.17, 15) is 4.79 Å². The van der Waals surface area contributed by atoms with E-state index in [-0.39, 0.29) is 12.4 Å². The van der Waals surface area contributed by atoms with Crippen molar-refractivity contribution < 1.29 is 9.53 Å². The van der Waals surface area contributed by atoms with Gasteiger partial charge in [0.15, 0.2) is 5.78 Å². The van der Waals surface area contributed by atoms with Crippen LogP contribution in [0.1, 0.15) is 20.2 Å². The molecule has 0 spiro atoms. The zero-order valence-corrected chi connectivity index (χ0v) is 13.0. The van der Waals surface area contributed by atoms with E-state index in [0.29, 0.717) is 6.61 Å². The Hall–Kier alpha value is -0.560. The highest BCUT2D eigenvalue weighted by Crippen LogP contribution is 2.23. The number of ether oxygens (including phenoxy) is 1. The van der Waals surface area contributed by atoms with Gasteiger partial charge in [0.25, 0.3) is 0 Å². The maximum absolute atomic E-state index is 11.8. The van der Waals surface area contributed by atoms with E-state index in [1.807, 2.05) is 23.9 Å². The predicted octanol–water partition coefficient (Wildman–Crippen LogP) is 3.72. The molecule has 0 aliphatic carbocycles. The highest BCUT2D eigenvalue weighted by molar-refractivity contribution is 9.10. The summed E-state index contributed by atoms with van der Waals surface area (Å²) >= 11 is 6.40. The largest absolute Gasteiger partial charge is 0.373 e. The number of hydrogen-bond donors (Lipinski definition) is 0. The van der Waals surface area contributed by atoms with Gasteiger partial charge in [-0.1, -0.05) is 0 Å². The molecule has 0 aliphatic heterocycles. The number of nitrogens with zero attached hydrogens (tertiary/aromatic N) is 1.